The second kappa shape index (κ2) is 10.6. The summed E-state index contributed by atoms with van der Waals surface area (Å²) in [6.07, 6.45) is 3.56. The third-order valence-corrected chi connectivity index (χ3v) is 4.44. The molecule has 7 heteroatoms. The molecule has 7 nitrogen and oxygen atoms in total. The first-order chi connectivity index (χ1) is 13.1. The summed E-state index contributed by atoms with van der Waals surface area (Å²) in [5, 5.41) is 0. The molecular weight excluding hydrogens is 348 g/mol. The summed E-state index contributed by atoms with van der Waals surface area (Å²) in [6, 6.07) is 5.52. The molecule has 1 fully saturated rings. The van der Waals surface area contributed by atoms with Gasteiger partial charge in [-0.05, 0) is 30.7 Å². The lowest BCUT2D eigenvalue weighted by Crippen LogP contribution is -2.49. The lowest BCUT2D eigenvalue weighted by molar-refractivity contribution is -0.115. The predicted molar refractivity (Wildman–Crippen MR) is 103 cm³/mol. The lowest BCUT2D eigenvalue weighted by atomic mass is 10.1. The minimum Gasteiger partial charge on any atom is -0.493 e. The van der Waals surface area contributed by atoms with Gasteiger partial charge in [0.25, 0.3) is 0 Å². The van der Waals surface area contributed by atoms with Gasteiger partial charge >= 0.3 is 6.09 Å². The summed E-state index contributed by atoms with van der Waals surface area (Å²) in [5.41, 5.74) is 0.879. The van der Waals surface area contributed by atoms with Crippen LogP contribution in [-0.2, 0) is 9.53 Å². The Kier molecular flexibility index (Phi) is 8.13. The average Bonchev–Trinajstić information content (AvgIpc) is 2.71. The maximum Gasteiger partial charge on any atom is 0.409 e. The molecule has 0 atom stereocenters. The highest BCUT2D eigenvalue weighted by Crippen LogP contribution is 2.27. The molecule has 1 aliphatic rings. The maximum atomic E-state index is 12.1. The van der Waals surface area contributed by atoms with E-state index in [0.29, 0.717) is 44.2 Å². The number of nitrogens with zero attached hydrogens (tertiary/aromatic N) is 2. The molecule has 1 aromatic rings. The smallest absolute Gasteiger partial charge is 0.409 e. The van der Waals surface area contributed by atoms with Crippen molar-refractivity contribution >= 4 is 18.0 Å². The van der Waals surface area contributed by atoms with Crippen molar-refractivity contribution in [3.8, 4) is 11.5 Å². The fourth-order valence-corrected chi connectivity index (χ4v) is 2.87. The number of ketones is 1. The molecule has 0 N–H and O–H groups in total. The van der Waals surface area contributed by atoms with Gasteiger partial charge in [-0.3, -0.25) is 9.69 Å². The van der Waals surface area contributed by atoms with Crippen LogP contribution in [0.15, 0.2) is 24.3 Å². The van der Waals surface area contributed by atoms with E-state index in [2.05, 4.69) is 4.90 Å². The first kappa shape index (κ1) is 20.8. The normalized spacial score (nSPS) is 15.0. The Bertz CT molecular complexity index is 666. The van der Waals surface area contributed by atoms with Crippen LogP contribution in [0.2, 0.25) is 0 Å². The van der Waals surface area contributed by atoms with E-state index in [1.807, 2.05) is 18.2 Å². The second-order valence-corrected chi connectivity index (χ2v) is 6.19. The standard InChI is InChI=1S/C20H28N2O5/c1-4-27-20(24)22-13-11-21(12-14-22)10-9-17(23)7-5-16-6-8-18(25-2)19(15-16)26-3/h5-8,15H,4,9-14H2,1-3H3. The molecule has 0 spiro atoms. The van der Waals surface area contributed by atoms with Gasteiger partial charge in [0.15, 0.2) is 17.3 Å². The van der Waals surface area contributed by atoms with Gasteiger partial charge in [0.05, 0.1) is 20.8 Å². The zero-order valence-corrected chi connectivity index (χ0v) is 16.3. The highest BCUT2D eigenvalue weighted by atomic mass is 16.6. The van der Waals surface area contributed by atoms with Crippen LogP contribution < -0.4 is 9.47 Å². The number of methoxy groups -OCH3 is 2. The summed E-state index contributed by atoms with van der Waals surface area (Å²) in [6.45, 7) is 5.65. The third-order valence-electron chi connectivity index (χ3n) is 4.44. The summed E-state index contributed by atoms with van der Waals surface area (Å²) in [5.74, 6) is 1.35. The van der Waals surface area contributed by atoms with Crippen LogP contribution in [0.3, 0.4) is 0 Å². The van der Waals surface area contributed by atoms with Gasteiger partial charge in [0.1, 0.15) is 0 Å². The molecule has 1 heterocycles. The molecule has 0 radical (unpaired) electrons. The Balaban J connectivity index is 1.77. The monoisotopic (exact) mass is 376 g/mol. The largest absolute Gasteiger partial charge is 0.493 e. The van der Waals surface area contributed by atoms with Gasteiger partial charge < -0.3 is 19.1 Å². The van der Waals surface area contributed by atoms with Crippen LogP contribution in [0, 0.1) is 0 Å². The molecule has 1 aromatic carbocycles. The van der Waals surface area contributed by atoms with E-state index in [1.165, 1.54) is 0 Å². The first-order valence-corrected chi connectivity index (χ1v) is 9.14. The second-order valence-electron chi connectivity index (χ2n) is 6.19. The predicted octanol–water partition coefficient (Wildman–Crippen LogP) is 2.45. The van der Waals surface area contributed by atoms with Crippen LogP contribution in [0.4, 0.5) is 4.79 Å². The van der Waals surface area contributed by atoms with Crippen molar-refractivity contribution in [3.05, 3.63) is 29.8 Å². The molecular formula is C20H28N2O5. The van der Waals surface area contributed by atoms with E-state index in [0.717, 1.165) is 18.7 Å². The van der Waals surface area contributed by atoms with Crippen molar-refractivity contribution in [3.63, 3.8) is 0 Å². The Morgan fingerprint density at radius 2 is 1.78 bits per heavy atom. The van der Waals surface area contributed by atoms with Crippen LogP contribution in [0.25, 0.3) is 6.08 Å². The number of carbonyl (C=O) groups excluding carboxylic acids is 2. The Labute approximate surface area is 160 Å². The van der Waals surface area contributed by atoms with Crippen LogP contribution in [-0.4, -0.2) is 75.2 Å². The van der Waals surface area contributed by atoms with Gasteiger partial charge in [-0.15, -0.1) is 0 Å². The quantitative estimate of drug-likeness (QED) is 0.649. The minimum absolute atomic E-state index is 0.0672. The van der Waals surface area contributed by atoms with Gasteiger partial charge in [0, 0.05) is 39.1 Å². The number of benzene rings is 1. The van der Waals surface area contributed by atoms with Crippen molar-refractivity contribution in [2.24, 2.45) is 0 Å². The third kappa shape index (κ3) is 6.29. The van der Waals surface area contributed by atoms with Crippen molar-refractivity contribution in [2.45, 2.75) is 13.3 Å². The molecule has 0 bridgehead atoms. The van der Waals surface area contributed by atoms with Gasteiger partial charge in [-0.1, -0.05) is 12.1 Å². The lowest BCUT2D eigenvalue weighted by Gasteiger charge is -2.33. The van der Waals surface area contributed by atoms with E-state index in [-0.39, 0.29) is 11.9 Å². The Morgan fingerprint density at radius 3 is 2.41 bits per heavy atom. The molecule has 0 unspecified atom stereocenters. The van der Waals surface area contributed by atoms with Crippen LogP contribution in [0.1, 0.15) is 18.9 Å². The topological polar surface area (TPSA) is 68.3 Å². The average molecular weight is 376 g/mol. The fraction of sp³-hybridized carbons (Fsp3) is 0.500. The number of ether oxygens (including phenoxy) is 3. The van der Waals surface area contributed by atoms with Gasteiger partial charge in [-0.25, -0.2) is 4.79 Å². The fourth-order valence-electron chi connectivity index (χ4n) is 2.87. The van der Waals surface area contributed by atoms with Crippen LogP contribution >= 0.6 is 0 Å². The van der Waals surface area contributed by atoms with Crippen LogP contribution in [0.5, 0.6) is 11.5 Å². The molecule has 1 aliphatic heterocycles. The van der Waals surface area contributed by atoms with Gasteiger partial charge in [0.2, 0.25) is 0 Å². The zero-order valence-electron chi connectivity index (χ0n) is 16.3. The molecule has 0 aromatic heterocycles. The Hall–Kier alpha value is -2.54. The molecule has 0 saturated carbocycles. The molecule has 1 saturated heterocycles. The zero-order chi connectivity index (χ0) is 19.6. The van der Waals surface area contributed by atoms with Crippen molar-refractivity contribution in [1.29, 1.82) is 0 Å². The molecule has 0 aliphatic carbocycles. The summed E-state index contributed by atoms with van der Waals surface area (Å²) >= 11 is 0. The minimum atomic E-state index is -0.258. The Morgan fingerprint density at radius 1 is 1.07 bits per heavy atom. The molecule has 1 amide bonds. The summed E-state index contributed by atoms with van der Waals surface area (Å²) < 4.78 is 15.5. The van der Waals surface area contributed by atoms with Gasteiger partial charge in [-0.2, -0.15) is 0 Å². The van der Waals surface area contributed by atoms with Crippen molar-refractivity contribution in [2.75, 3.05) is 53.6 Å². The first-order valence-electron chi connectivity index (χ1n) is 9.14. The van der Waals surface area contributed by atoms with E-state index < -0.39 is 0 Å². The van der Waals surface area contributed by atoms with E-state index >= 15 is 0 Å². The summed E-state index contributed by atoms with van der Waals surface area (Å²) in [4.78, 5) is 27.7. The molecule has 2 rings (SSSR count). The molecule has 27 heavy (non-hydrogen) atoms. The number of amides is 1. The summed E-state index contributed by atoms with van der Waals surface area (Å²) in [7, 11) is 3.17. The number of hydrogen-bond donors (Lipinski definition) is 0. The van der Waals surface area contributed by atoms with E-state index in [1.54, 1.807) is 38.2 Å². The highest BCUT2D eigenvalue weighted by Gasteiger charge is 2.21. The number of carbonyl (C=O) groups is 2. The molecule has 148 valence electrons. The van der Waals surface area contributed by atoms with Crippen molar-refractivity contribution < 1.29 is 23.8 Å². The number of hydrogen-bond acceptors (Lipinski definition) is 6. The number of piperazine rings is 1. The number of rotatable bonds is 8. The highest BCUT2D eigenvalue weighted by molar-refractivity contribution is 5.93. The number of allylic oxidation sites excluding steroid dienone is 1. The van der Waals surface area contributed by atoms with Crippen molar-refractivity contribution in [1.82, 2.24) is 9.80 Å². The van der Waals surface area contributed by atoms with E-state index in [9.17, 15) is 9.59 Å². The van der Waals surface area contributed by atoms with E-state index in [4.69, 9.17) is 14.2 Å². The maximum absolute atomic E-state index is 12.1. The SMILES string of the molecule is CCOC(=O)N1CCN(CCC(=O)C=Cc2ccc(OC)c(OC)c2)CC1.